The number of hydrogen-bond acceptors (Lipinski definition) is 8. The zero-order valence-electron chi connectivity index (χ0n) is 23.3. The van der Waals surface area contributed by atoms with E-state index < -0.39 is 32.2 Å². The minimum atomic E-state index is -3.92. The smallest absolute Gasteiger partial charge is 0.261 e. The molecule has 0 bridgehead atoms. The Hall–Kier alpha value is -3.46. The molecule has 14 heteroatoms. The lowest BCUT2D eigenvalue weighted by Crippen LogP contribution is -2.48. The van der Waals surface area contributed by atoms with Crippen molar-refractivity contribution in [2.75, 3.05) is 31.5 Å². The third-order valence-electron chi connectivity index (χ3n) is 7.02. The molecule has 12 nitrogen and oxygen atoms in total. The van der Waals surface area contributed by atoms with E-state index in [4.69, 9.17) is 4.74 Å². The van der Waals surface area contributed by atoms with Gasteiger partial charge in [0.25, 0.3) is 20.0 Å². The number of aryl methyl sites for hydroxylation is 1. The molecule has 3 atom stereocenters. The second-order valence-corrected chi connectivity index (χ2v) is 14.0. The zero-order chi connectivity index (χ0) is 29.9. The number of sulfonamides is 2. The van der Waals surface area contributed by atoms with Gasteiger partial charge in [-0.15, -0.1) is 0 Å². The van der Waals surface area contributed by atoms with Crippen molar-refractivity contribution in [2.45, 2.75) is 42.3 Å². The van der Waals surface area contributed by atoms with Gasteiger partial charge in [-0.3, -0.25) is 9.52 Å². The molecule has 3 aromatic rings. The Kier molecular flexibility index (Phi) is 9.07. The molecule has 1 amide bonds. The van der Waals surface area contributed by atoms with Crippen molar-refractivity contribution in [1.29, 1.82) is 0 Å². The number of aliphatic hydroxyl groups is 1. The number of benzene rings is 2. The van der Waals surface area contributed by atoms with Gasteiger partial charge in [0, 0.05) is 44.0 Å². The fourth-order valence-electron chi connectivity index (χ4n) is 4.56. The molecule has 0 aliphatic carbocycles. The first-order valence-corrected chi connectivity index (χ1v) is 16.0. The number of aliphatic hydroxyl groups excluding tert-OH is 1. The monoisotopic (exact) mass is 605 g/mol. The van der Waals surface area contributed by atoms with Crippen LogP contribution < -0.4 is 9.46 Å². The normalized spacial score (nSPS) is 19.1. The molecule has 0 saturated heterocycles. The number of hydrogen-bond donors (Lipinski definition) is 2. The molecule has 222 valence electrons. The predicted molar refractivity (Wildman–Crippen MR) is 152 cm³/mol. The number of rotatable bonds is 9. The van der Waals surface area contributed by atoms with Crippen LogP contribution >= 0.6 is 0 Å². The highest BCUT2D eigenvalue weighted by Crippen LogP contribution is 2.30. The third kappa shape index (κ3) is 6.89. The number of nitrogens with one attached hydrogen (secondary N) is 1. The summed E-state index contributed by atoms with van der Waals surface area (Å²) < 4.78 is 63.8. The Labute approximate surface area is 240 Å². The minimum Gasteiger partial charge on any atom is -0.488 e. The van der Waals surface area contributed by atoms with Gasteiger partial charge in [-0.25, -0.2) is 21.8 Å². The predicted octanol–water partition coefficient (Wildman–Crippen LogP) is 1.69. The highest BCUT2D eigenvalue weighted by molar-refractivity contribution is 7.92. The molecule has 1 aliphatic heterocycles. The van der Waals surface area contributed by atoms with Crippen LogP contribution in [0.3, 0.4) is 0 Å². The fraction of sp³-hybridized carbons (Fsp3) is 0.407. The van der Waals surface area contributed by atoms with Gasteiger partial charge in [0.1, 0.15) is 11.9 Å². The van der Waals surface area contributed by atoms with Crippen molar-refractivity contribution in [2.24, 2.45) is 13.0 Å². The largest absolute Gasteiger partial charge is 0.488 e. The van der Waals surface area contributed by atoms with Crippen LogP contribution in [0.5, 0.6) is 5.75 Å². The van der Waals surface area contributed by atoms with E-state index in [2.05, 4.69) is 9.71 Å². The molecule has 4 rings (SSSR count). The maximum Gasteiger partial charge on any atom is 0.261 e. The van der Waals surface area contributed by atoms with E-state index in [0.717, 1.165) is 4.31 Å². The van der Waals surface area contributed by atoms with Crippen molar-refractivity contribution >= 4 is 31.6 Å². The second kappa shape index (κ2) is 12.2. The summed E-state index contributed by atoms with van der Waals surface area (Å²) in [7, 11) is -4.69. The Morgan fingerprint density at radius 2 is 1.88 bits per heavy atom. The lowest BCUT2D eigenvalue weighted by Gasteiger charge is -2.33. The Balaban J connectivity index is 1.68. The molecule has 2 heterocycles. The van der Waals surface area contributed by atoms with Gasteiger partial charge in [0.15, 0.2) is 5.03 Å². The van der Waals surface area contributed by atoms with Crippen molar-refractivity contribution in [1.82, 2.24) is 18.8 Å². The Bertz CT molecular complexity index is 1590. The number of aromatic nitrogens is 2. The molecular formula is C27H35N5O7S2. The number of carbonyl (C=O) groups is 1. The van der Waals surface area contributed by atoms with E-state index in [9.17, 15) is 26.7 Å². The summed E-state index contributed by atoms with van der Waals surface area (Å²) in [6, 6.07) is 12.0. The summed E-state index contributed by atoms with van der Waals surface area (Å²) in [6.07, 6.45) is 2.01. The first kappa shape index (κ1) is 30.5. The van der Waals surface area contributed by atoms with Gasteiger partial charge < -0.3 is 19.3 Å². The summed E-state index contributed by atoms with van der Waals surface area (Å²) in [5.41, 5.74) is 0.664. The van der Waals surface area contributed by atoms with E-state index >= 15 is 0 Å². The average Bonchev–Trinajstić information content (AvgIpc) is 3.40. The van der Waals surface area contributed by atoms with E-state index in [0.29, 0.717) is 11.3 Å². The standard InChI is InChI=1S/C27H35N5O7S2/c1-19-14-32(20(2)17-33)27(34)13-21-12-22(29-40(35,36)23-8-6-5-7-9-23)10-11-24(21)39-25(19)15-31(4)41(37,38)26-16-30(3)18-28-26/h5-12,16,18-20,25,29,33H,13-15,17H2,1-4H3/t19-,20-,25-/m0/s1. The van der Waals surface area contributed by atoms with Gasteiger partial charge in [-0.05, 0) is 37.3 Å². The number of anilines is 1. The van der Waals surface area contributed by atoms with Crippen LogP contribution in [0.4, 0.5) is 5.69 Å². The SMILES string of the molecule is C[C@H]1CN([C@@H](C)CO)C(=O)Cc2cc(NS(=O)(=O)c3ccccc3)ccc2O[C@H]1CN(C)S(=O)(=O)c1cn(C)cn1. The van der Waals surface area contributed by atoms with Crippen LogP contribution in [0.25, 0.3) is 0 Å². The number of likely N-dealkylation sites (N-methyl/N-ethyl adjacent to an activating group) is 1. The fourth-order valence-corrected chi connectivity index (χ4v) is 6.77. The lowest BCUT2D eigenvalue weighted by molar-refractivity contribution is -0.134. The maximum atomic E-state index is 13.4. The molecule has 41 heavy (non-hydrogen) atoms. The first-order chi connectivity index (χ1) is 19.3. The molecule has 0 saturated carbocycles. The molecule has 0 spiro atoms. The Morgan fingerprint density at radius 3 is 2.51 bits per heavy atom. The van der Waals surface area contributed by atoms with Crippen LogP contribution in [-0.4, -0.2) is 85.5 Å². The quantitative estimate of drug-likeness (QED) is 0.374. The summed E-state index contributed by atoms with van der Waals surface area (Å²) >= 11 is 0. The van der Waals surface area contributed by atoms with Crippen molar-refractivity contribution in [3.05, 3.63) is 66.6 Å². The molecule has 1 aliphatic rings. The van der Waals surface area contributed by atoms with E-state index in [-0.39, 0.29) is 53.6 Å². The molecule has 2 N–H and O–H groups in total. The summed E-state index contributed by atoms with van der Waals surface area (Å²) in [5, 5.41) is 9.75. The summed E-state index contributed by atoms with van der Waals surface area (Å²) in [6.45, 7) is 3.48. The van der Waals surface area contributed by atoms with Crippen LogP contribution in [0, 0.1) is 5.92 Å². The van der Waals surface area contributed by atoms with Crippen LogP contribution in [0.2, 0.25) is 0 Å². The molecule has 0 unspecified atom stereocenters. The summed E-state index contributed by atoms with van der Waals surface area (Å²) in [4.78, 5) is 19.0. The topological polar surface area (TPSA) is 151 Å². The van der Waals surface area contributed by atoms with Crippen molar-refractivity contribution in [3.8, 4) is 5.75 Å². The molecule has 1 aromatic heterocycles. The average molecular weight is 606 g/mol. The van der Waals surface area contributed by atoms with Crippen molar-refractivity contribution in [3.63, 3.8) is 0 Å². The van der Waals surface area contributed by atoms with Crippen LogP contribution in [-0.2, 0) is 38.3 Å². The number of amides is 1. The van der Waals surface area contributed by atoms with E-state index in [1.54, 1.807) is 47.7 Å². The van der Waals surface area contributed by atoms with Gasteiger partial charge in [0.2, 0.25) is 5.91 Å². The number of imidazole rings is 1. The number of nitrogens with zero attached hydrogens (tertiary/aromatic N) is 4. The van der Waals surface area contributed by atoms with Gasteiger partial charge in [0.05, 0.1) is 36.8 Å². The number of carbonyl (C=O) groups excluding carboxylic acids is 1. The van der Waals surface area contributed by atoms with Crippen LogP contribution in [0.1, 0.15) is 19.4 Å². The first-order valence-electron chi connectivity index (χ1n) is 13.0. The van der Waals surface area contributed by atoms with Crippen molar-refractivity contribution < 1.29 is 31.5 Å². The van der Waals surface area contributed by atoms with Gasteiger partial charge in [-0.1, -0.05) is 25.1 Å². The highest BCUT2D eigenvalue weighted by Gasteiger charge is 2.34. The summed E-state index contributed by atoms with van der Waals surface area (Å²) in [5.74, 6) is -0.280. The van der Waals surface area contributed by atoms with E-state index in [1.165, 1.54) is 43.8 Å². The Morgan fingerprint density at radius 1 is 1.17 bits per heavy atom. The molecule has 0 radical (unpaired) electrons. The maximum absolute atomic E-state index is 13.4. The van der Waals surface area contributed by atoms with Crippen LogP contribution in [0.15, 0.2) is 71.0 Å². The molecular weight excluding hydrogens is 570 g/mol. The highest BCUT2D eigenvalue weighted by atomic mass is 32.2. The van der Waals surface area contributed by atoms with Gasteiger partial charge >= 0.3 is 0 Å². The minimum absolute atomic E-state index is 0.0442. The lowest BCUT2D eigenvalue weighted by atomic mass is 10.0. The third-order valence-corrected chi connectivity index (χ3v) is 10.1. The zero-order valence-corrected chi connectivity index (χ0v) is 25.0. The number of ether oxygens (including phenoxy) is 1. The number of fused-ring (bicyclic) bond motifs is 1. The second-order valence-electron chi connectivity index (χ2n) is 10.3. The van der Waals surface area contributed by atoms with E-state index in [1.807, 2.05) is 6.92 Å². The van der Waals surface area contributed by atoms with Gasteiger partial charge in [-0.2, -0.15) is 4.31 Å². The molecule has 0 fully saturated rings. The molecule has 2 aromatic carbocycles.